The number of rotatable bonds is 3. The maximum absolute atomic E-state index is 13.7. The number of methoxy groups -OCH3 is 1. The maximum atomic E-state index is 13.7. The fourth-order valence-electron chi connectivity index (χ4n) is 5.70. The van der Waals surface area contributed by atoms with Crippen molar-refractivity contribution in [3.8, 4) is 0 Å². The van der Waals surface area contributed by atoms with E-state index in [0.29, 0.717) is 6.42 Å². The van der Waals surface area contributed by atoms with Gasteiger partial charge in [-0.05, 0) is 42.7 Å². The van der Waals surface area contributed by atoms with E-state index in [9.17, 15) is 9.59 Å². The quantitative estimate of drug-likeness (QED) is 0.762. The number of fused-ring (bicyclic) bond motifs is 2. The number of hydrogen-bond donors (Lipinski definition) is 0. The second-order valence-corrected chi connectivity index (χ2v) is 8.08. The number of amides is 1. The largest absolute Gasteiger partial charge is 0.374 e. The molecule has 1 heterocycles. The summed E-state index contributed by atoms with van der Waals surface area (Å²) in [7, 11) is 1.70. The zero-order valence-electron chi connectivity index (χ0n) is 15.9. The lowest BCUT2D eigenvalue weighted by Crippen LogP contribution is -2.67. The van der Waals surface area contributed by atoms with Gasteiger partial charge in [-0.15, -0.1) is 0 Å². The van der Waals surface area contributed by atoms with E-state index in [-0.39, 0.29) is 23.7 Å². The summed E-state index contributed by atoms with van der Waals surface area (Å²) in [6.45, 7) is 0. The molecule has 5 rings (SSSR count). The van der Waals surface area contributed by atoms with Crippen LogP contribution in [0.25, 0.3) is 0 Å². The molecular weight excluding hydrogens is 350 g/mol. The van der Waals surface area contributed by atoms with Crippen molar-refractivity contribution in [3.05, 3.63) is 78.4 Å². The van der Waals surface area contributed by atoms with Crippen molar-refractivity contribution in [1.29, 1.82) is 0 Å². The van der Waals surface area contributed by atoms with Gasteiger partial charge in [0.1, 0.15) is 0 Å². The van der Waals surface area contributed by atoms with E-state index in [4.69, 9.17) is 4.74 Å². The molecule has 1 saturated heterocycles. The van der Waals surface area contributed by atoms with Crippen LogP contribution >= 0.6 is 0 Å². The summed E-state index contributed by atoms with van der Waals surface area (Å²) in [5, 5.41) is 0. The summed E-state index contributed by atoms with van der Waals surface area (Å²) in [5.74, 6) is 0.0523. The Kier molecular flexibility index (Phi) is 3.81. The maximum Gasteiger partial charge on any atom is 0.236 e. The zero-order valence-corrected chi connectivity index (χ0v) is 15.9. The highest BCUT2D eigenvalue weighted by atomic mass is 16.5. The number of ether oxygens (including phenoxy) is 1. The van der Waals surface area contributed by atoms with Crippen molar-refractivity contribution in [2.24, 2.45) is 11.3 Å². The van der Waals surface area contributed by atoms with E-state index in [1.807, 2.05) is 59.5 Å². The molecule has 1 amide bonds. The molecule has 2 aromatic carbocycles. The molecule has 28 heavy (non-hydrogen) atoms. The van der Waals surface area contributed by atoms with Crippen LogP contribution in [0.4, 0.5) is 5.69 Å². The molecule has 4 heteroatoms. The van der Waals surface area contributed by atoms with Gasteiger partial charge in [0, 0.05) is 25.1 Å². The fourth-order valence-corrected chi connectivity index (χ4v) is 5.70. The molecule has 2 aliphatic carbocycles. The van der Waals surface area contributed by atoms with Gasteiger partial charge in [0.15, 0.2) is 5.78 Å². The summed E-state index contributed by atoms with van der Waals surface area (Å²) in [5.41, 5.74) is 0.881. The van der Waals surface area contributed by atoms with E-state index < -0.39 is 11.0 Å². The average Bonchev–Trinajstić information content (AvgIpc) is 3.10. The van der Waals surface area contributed by atoms with E-state index in [1.54, 1.807) is 13.2 Å². The molecule has 2 fully saturated rings. The van der Waals surface area contributed by atoms with Gasteiger partial charge in [0.25, 0.3) is 0 Å². The van der Waals surface area contributed by atoms with E-state index >= 15 is 0 Å². The summed E-state index contributed by atoms with van der Waals surface area (Å²) >= 11 is 0. The van der Waals surface area contributed by atoms with Gasteiger partial charge in [-0.2, -0.15) is 0 Å². The fraction of sp³-hybridized carbons (Fsp3) is 0.333. The number of hydrogen-bond acceptors (Lipinski definition) is 3. The van der Waals surface area contributed by atoms with Crippen LogP contribution in [-0.2, 0) is 14.3 Å². The molecule has 1 aliphatic heterocycles. The van der Waals surface area contributed by atoms with Gasteiger partial charge >= 0.3 is 0 Å². The van der Waals surface area contributed by atoms with Crippen LogP contribution in [0.3, 0.4) is 0 Å². The Bertz CT molecular complexity index is 954. The van der Waals surface area contributed by atoms with Crippen molar-refractivity contribution in [3.63, 3.8) is 0 Å². The molecule has 2 aromatic rings. The van der Waals surface area contributed by atoms with Crippen molar-refractivity contribution in [1.82, 2.24) is 0 Å². The van der Waals surface area contributed by atoms with Crippen LogP contribution in [0.15, 0.2) is 72.8 Å². The van der Waals surface area contributed by atoms with Gasteiger partial charge in [-0.1, -0.05) is 48.5 Å². The zero-order chi connectivity index (χ0) is 19.4. The van der Waals surface area contributed by atoms with Crippen molar-refractivity contribution in [2.75, 3.05) is 12.0 Å². The predicted octanol–water partition coefficient (Wildman–Crippen LogP) is 4.09. The molecular formula is C24H23NO3. The van der Waals surface area contributed by atoms with Crippen molar-refractivity contribution >= 4 is 17.4 Å². The van der Waals surface area contributed by atoms with Crippen LogP contribution in [-0.4, -0.2) is 24.4 Å². The topological polar surface area (TPSA) is 46.6 Å². The van der Waals surface area contributed by atoms with Gasteiger partial charge in [0.2, 0.25) is 5.91 Å². The molecule has 1 spiro atoms. The number of β-lactam (4-membered cyclic amide) rings is 1. The Morgan fingerprint density at radius 1 is 0.964 bits per heavy atom. The smallest absolute Gasteiger partial charge is 0.236 e. The van der Waals surface area contributed by atoms with Crippen LogP contribution in [0.2, 0.25) is 0 Å². The molecule has 4 atom stereocenters. The van der Waals surface area contributed by atoms with Crippen LogP contribution in [0.1, 0.15) is 30.9 Å². The monoisotopic (exact) mass is 373 g/mol. The van der Waals surface area contributed by atoms with Crippen LogP contribution in [0.5, 0.6) is 0 Å². The highest BCUT2D eigenvalue weighted by molar-refractivity contribution is 6.07. The van der Waals surface area contributed by atoms with Gasteiger partial charge in [-0.3, -0.25) is 9.59 Å². The molecule has 142 valence electrons. The third-order valence-electron chi connectivity index (χ3n) is 6.99. The first-order valence-electron chi connectivity index (χ1n) is 9.83. The summed E-state index contributed by atoms with van der Waals surface area (Å²) in [6.07, 6.45) is 5.38. The number of para-hydroxylation sites is 1. The average molecular weight is 373 g/mol. The number of benzene rings is 2. The highest BCUT2D eigenvalue weighted by Crippen LogP contribution is 2.67. The Hall–Kier alpha value is -2.72. The van der Waals surface area contributed by atoms with Gasteiger partial charge in [0.05, 0.1) is 17.1 Å². The van der Waals surface area contributed by atoms with E-state index in [1.165, 1.54) is 0 Å². The second kappa shape index (κ2) is 6.14. The predicted molar refractivity (Wildman–Crippen MR) is 107 cm³/mol. The lowest BCUT2D eigenvalue weighted by atomic mass is 9.58. The van der Waals surface area contributed by atoms with Crippen LogP contribution in [0, 0.1) is 11.3 Å². The Labute approximate surface area is 164 Å². The van der Waals surface area contributed by atoms with E-state index in [0.717, 1.165) is 24.1 Å². The minimum Gasteiger partial charge on any atom is -0.374 e. The summed E-state index contributed by atoms with van der Waals surface area (Å²) in [6, 6.07) is 19.9. The minimum atomic E-state index is -0.604. The Morgan fingerprint density at radius 3 is 2.32 bits per heavy atom. The highest BCUT2D eigenvalue weighted by Gasteiger charge is 2.72. The number of anilines is 1. The van der Waals surface area contributed by atoms with Crippen molar-refractivity contribution in [2.45, 2.75) is 30.9 Å². The first-order valence-corrected chi connectivity index (χ1v) is 9.83. The van der Waals surface area contributed by atoms with Crippen LogP contribution < -0.4 is 4.90 Å². The first kappa shape index (κ1) is 17.4. The number of carbonyl (C=O) groups is 2. The lowest BCUT2D eigenvalue weighted by Gasteiger charge is -2.58. The molecule has 0 N–H and O–H groups in total. The first-order chi connectivity index (χ1) is 13.6. The molecule has 0 radical (unpaired) electrons. The van der Waals surface area contributed by atoms with Gasteiger partial charge < -0.3 is 9.64 Å². The summed E-state index contributed by atoms with van der Waals surface area (Å²) < 4.78 is 5.95. The minimum absolute atomic E-state index is 0.0803. The number of carbonyl (C=O) groups excluding carboxylic acids is 2. The lowest BCUT2D eigenvalue weighted by molar-refractivity contribution is -0.150. The number of ketones is 1. The summed E-state index contributed by atoms with van der Waals surface area (Å²) in [4.78, 5) is 28.0. The Balaban J connectivity index is 1.66. The standard InChI is InChI=1S/C24H23NO3/c1-28-23-13-12-19(26)16-20(23)24(15-14-23)21(17-8-4-2-5-9-17)25(22(24)27)18-10-6-3-7-11-18/h2-13,20-21H,14-16H2,1H3/t20-,21-,23+,24-/m1/s1. The SMILES string of the molecule is CO[C@]12C=CC(=O)C[C@H]1[C@@]1(CC2)C(=O)N(c2ccccc2)[C@@H]1c1ccccc1. The normalized spacial score (nSPS) is 33.8. The number of allylic oxidation sites excluding steroid dienone is 1. The number of nitrogens with zero attached hydrogens (tertiary/aromatic N) is 1. The molecule has 0 aromatic heterocycles. The van der Waals surface area contributed by atoms with E-state index in [2.05, 4.69) is 12.1 Å². The molecule has 4 nitrogen and oxygen atoms in total. The third-order valence-corrected chi connectivity index (χ3v) is 6.99. The molecule has 0 unspecified atom stereocenters. The molecule has 0 bridgehead atoms. The van der Waals surface area contributed by atoms with Gasteiger partial charge in [-0.25, -0.2) is 0 Å². The molecule has 1 saturated carbocycles. The second-order valence-electron chi connectivity index (χ2n) is 8.08. The Morgan fingerprint density at radius 2 is 1.64 bits per heavy atom. The van der Waals surface area contributed by atoms with Crippen molar-refractivity contribution < 1.29 is 14.3 Å². The third kappa shape index (κ3) is 2.15. The molecule has 3 aliphatic rings.